The lowest BCUT2D eigenvalue weighted by Gasteiger charge is -2.21. The summed E-state index contributed by atoms with van der Waals surface area (Å²) in [5.41, 5.74) is -0.725. The van der Waals surface area contributed by atoms with Crippen molar-refractivity contribution in [3.63, 3.8) is 0 Å². The van der Waals surface area contributed by atoms with Gasteiger partial charge in [-0.3, -0.25) is 4.79 Å². The highest BCUT2D eigenvalue weighted by Crippen LogP contribution is 2.35. The molecule has 0 bridgehead atoms. The lowest BCUT2D eigenvalue weighted by Crippen LogP contribution is -2.30. The third-order valence-electron chi connectivity index (χ3n) is 3.13. The van der Waals surface area contributed by atoms with Gasteiger partial charge in [0, 0.05) is 17.3 Å². The largest absolute Gasteiger partial charge is 0.491 e. The molecule has 23 heavy (non-hydrogen) atoms. The average Bonchev–Trinajstić information content (AvgIpc) is 2.53. The van der Waals surface area contributed by atoms with Crippen molar-refractivity contribution in [2.75, 3.05) is 29.2 Å². The maximum absolute atomic E-state index is 12.9. The van der Waals surface area contributed by atoms with Gasteiger partial charge in [-0.25, -0.2) is 0 Å². The first-order valence-corrected chi connectivity index (χ1v) is 9.46. The highest BCUT2D eigenvalue weighted by molar-refractivity contribution is 8.07. The number of hydrogen-bond donors (Lipinski definition) is 1. The van der Waals surface area contributed by atoms with Gasteiger partial charge in [0.15, 0.2) is 0 Å². The highest BCUT2D eigenvalue weighted by Gasteiger charge is 2.32. The molecule has 1 N–H and O–H groups in total. The van der Waals surface area contributed by atoms with Crippen LogP contribution in [0, 0.1) is 0 Å². The van der Waals surface area contributed by atoms with Crippen LogP contribution in [0.25, 0.3) is 0 Å². The summed E-state index contributed by atoms with van der Waals surface area (Å²) in [6, 6.07) is 3.16. The summed E-state index contributed by atoms with van der Waals surface area (Å²) in [5, 5.41) is 2.36. The van der Waals surface area contributed by atoms with Crippen LogP contribution in [0.1, 0.15) is 18.9 Å². The minimum absolute atomic E-state index is 0.0782. The van der Waals surface area contributed by atoms with E-state index < -0.39 is 11.7 Å². The molecule has 0 aliphatic carbocycles. The standard InChI is InChI=1S/C15H18F3NO2S2/c1-2-5-21-12-4-3-10(15(16,17)18)8-11(12)19-14(20)13-9-22-6-7-23-13/h3-4,8,13H,2,5-7,9H2,1H3,(H,19,20). The molecule has 1 aromatic carbocycles. The fraction of sp³-hybridized carbons (Fsp3) is 0.533. The van der Waals surface area contributed by atoms with Gasteiger partial charge >= 0.3 is 6.18 Å². The van der Waals surface area contributed by atoms with E-state index >= 15 is 0 Å². The van der Waals surface area contributed by atoms with Gasteiger partial charge < -0.3 is 10.1 Å². The molecule has 1 unspecified atom stereocenters. The van der Waals surface area contributed by atoms with Crippen LogP contribution in [-0.2, 0) is 11.0 Å². The van der Waals surface area contributed by atoms with Crippen LogP contribution in [0.2, 0.25) is 0 Å². The molecule has 0 aromatic heterocycles. The lowest BCUT2D eigenvalue weighted by atomic mass is 10.1. The van der Waals surface area contributed by atoms with Crippen LogP contribution < -0.4 is 10.1 Å². The number of rotatable bonds is 5. The van der Waals surface area contributed by atoms with Gasteiger partial charge in [0.2, 0.25) is 5.91 Å². The summed E-state index contributed by atoms with van der Waals surface area (Å²) in [7, 11) is 0. The Morgan fingerprint density at radius 2 is 2.17 bits per heavy atom. The molecule has 1 atom stereocenters. The number of alkyl halides is 3. The number of carbonyl (C=O) groups is 1. The van der Waals surface area contributed by atoms with Gasteiger partial charge in [0.25, 0.3) is 0 Å². The molecule has 3 nitrogen and oxygen atoms in total. The van der Waals surface area contributed by atoms with Gasteiger partial charge in [-0.15, -0.1) is 11.8 Å². The van der Waals surface area contributed by atoms with Crippen LogP contribution in [0.4, 0.5) is 18.9 Å². The third-order valence-corrected chi connectivity index (χ3v) is 5.89. The Hall–Kier alpha value is -1.02. The first-order chi connectivity index (χ1) is 10.9. The minimum Gasteiger partial charge on any atom is -0.491 e. The lowest BCUT2D eigenvalue weighted by molar-refractivity contribution is -0.137. The first-order valence-electron chi connectivity index (χ1n) is 7.26. The van der Waals surface area contributed by atoms with E-state index in [9.17, 15) is 18.0 Å². The molecule has 1 aromatic rings. The zero-order chi connectivity index (χ0) is 16.9. The smallest absolute Gasteiger partial charge is 0.416 e. The Kier molecular flexibility index (Phi) is 6.52. The quantitative estimate of drug-likeness (QED) is 0.845. The number of thioether (sulfide) groups is 2. The van der Waals surface area contributed by atoms with Crippen LogP contribution in [0.5, 0.6) is 5.75 Å². The summed E-state index contributed by atoms with van der Waals surface area (Å²) >= 11 is 3.20. The van der Waals surface area contributed by atoms with Gasteiger partial charge in [0.05, 0.1) is 23.1 Å². The number of hydrogen-bond acceptors (Lipinski definition) is 4. The number of halogens is 3. The predicted molar refractivity (Wildman–Crippen MR) is 89.4 cm³/mol. The summed E-state index contributed by atoms with van der Waals surface area (Å²) in [6.07, 6.45) is -3.73. The molecule has 1 amide bonds. The van der Waals surface area contributed by atoms with E-state index in [0.29, 0.717) is 12.4 Å². The molecule has 1 fully saturated rings. The molecular formula is C15H18F3NO2S2. The summed E-state index contributed by atoms with van der Waals surface area (Å²) in [5.74, 6) is 2.51. The molecule has 1 aliphatic rings. The van der Waals surface area contributed by atoms with E-state index in [2.05, 4.69) is 5.32 Å². The third kappa shape index (κ3) is 5.24. The van der Waals surface area contributed by atoms with Gasteiger partial charge in [0.1, 0.15) is 5.75 Å². The number of nitrogens with one attached hydrogen (secondary N) is 1. The minimum atomic E-state index is -4.46. The molecule has 0 saturated carbocycles. The zero-order valence-corrected chi connectivity index (χ0v) is 14.2. The molecule has 0 radical (unpaired) electrons. The van der Waals surface area contributed by atoms with E-state index in [4.69, 9.17) is 4.74 Å². The van der Waals surface area contributed by atoms with Crippen molar-refractivity contribution < 1.29 is 22.7 Å². The Morgan fingerprint density at radius 1 is 1.39 bits per heavy atom. The van der Waals surface area contributed by atoms with Gasteiger partial charge in [-0.05, 0) is 24.6 Å². The normalized spacial score (nSPS) is 18.5. The predicted octanol–water partition coefficient (Wildman–Crippen LogP) is 4.28. The fourth-order valence-corrected chi connectivity index (χ4v) is 4.55. The second-order valence-corrected chi connectivity index (χ2v) is 7.44. The first kappa shape index (κ1) is 18.3. The number of carbonyl (C=O) groups excluding carboxylic acids is 1. The van der Waals surface area contributed by atoms with E-state index in [0.717, 1.165) is 30.1 Å². The highest BCUT2D eigenvalue weighted by atomic mass is 32.2. The second-order valence-electron chi connectivity index (χ2n) is 4.98. The maximum Gasteiger partial charge on any atom is 0.416 e. The SMILES string of the molecule is CCCOc1ccc(C(F)(F)F)cc1NC(=O)C1CSCCS1. The molecular weight excluding hydrogens is 347 g/mol. The van der Waals surface area contributed by atoms with Crippen molar-refractivity contribution in [2.45, 2.75) is 24.8 Å². The Balaban J connectivity index is 2.19. The van der Waals surface area contributed by atoms with Crippen molar-refractivity contribution >= 4 is 35.1 Å². The van der Waals surface area contributed by atoms with E-state index in [1.54, 1.807) is 11.8 Å². The van der Waals surface area contributed by atoms with Crippen LogP contribution >= 0.6 is 23.5 Å². The van der Waals surface area contributed by atoms with E-state index in [-0.39, 0.29) is 22.6 Å². The van der Waals surface area contributed by atoms with Crippen molar-refractivity contribution in [3.05, 3.63) is 23.8 Å². The molecule has 0 spiro atoms. The Bertz CT molecular complexity index is 546. The molecule has 8 heteroatoms. The summed E-state index contributed by atoms with van der Waals surface area (Å²) < 4.78 is 44.1. The number of ether oxygens (including phenoxy) is 1. The monoisotopic (exact) mass is 365 g/mol. The van der Waals surface area contributed by atoms with Crippen LogP contribution in [-0.4, -0.2) is 35.0 Å². The molecule has 128 valence electrons. The van der Waals surface area contributed by atoms with Gasteiger partial charge in [-0.1, -0.05) is 6.92 Å². The summed E-state index contributed by atoms with van der Waals surface area (Å²) in [4.78, 5) is 12.3. The fourth-order valence-electron chi connectivity index (χ4n) is 1.99. The Labute approximate surface area is 141 Å². The van der Waals surface area contributed by atoms with Crippen molar-refractivity contribution in [1.82, 2.24) is 0 Å². The number of anilines is 1. The number of benzene rings is 1. The Morgan fingerprint density at radius 3 is 2.78 bits per heavy atom. The van der Waals surface area contributed by atoms with Crippen molar-refractivity contribution in [1.29, 1.82) is 0 Å². The van der Waals surface area contributed by atoms with Crippen molar-refractivity contribution in [2.24, 2.45) is 0 Å². The van der Waals surface area contributed by atoms with Crippen LogP contribution in [0.15, 0.2) is 18.2 Å². The molecule has 2 rings (SSSR count). The topological polar surface area (TPSA) is 38.3 Å². The van der Waals surface area contributed by atoms with Gasteiger partial charge in [-0.2, -0.15) is 24.9 Å². The molecule has 1 saturated heterocycles. The van der Waals surface area contributed by atoms with E-state index in [1.807, 2.05) is 6.92 Å². The second kappa shape index (κ2) is 8.19. The molecule has 1 heterocycles. The zero-order valence-electron chi connectivity index (χ0n) is 12.6. The average molecular weight is 365 g/mol. The maximum atomic E-state index is 12.9. The van der Waals surface area contributed by atoms with Crippen molar-refractivity contribution in [3.8, 4) is 5.75 Å². The van der Waals surface area contributed by atoms with E-state index in [1.165, 1.54) is 17.8 Å². The summed E-state index contributed by atoms with van der Waals surface area (Å²) in [6.45, 7) is 2.28. The molecule has 1 aliphatic heterocycles. The van der Waals surface area contributed by atoms with Crippen LogP contribution in [0.3, 0.4) is 0 Å². The number of amides is 1.